The van der Waals surface area contributed by atoms with Crippen LogP contribution in [0.3, 0.4) is 0 Å². The lowest BCUT2D eigenvalue weighted by Crippen LogP contribution is -2.57. The van der Waals surface area contributed by atoms with E-state index >= 15 is 0 Å². The van der Waals surface area contributed by atoms with E-state index in [4.69, 9.17) is 9.68 Å². The topological polar surface area (TPSA) is 72.3 Å². The van der Waals surface area contributed by atoms with Gasteiger partial charge >= 0.3 is 0 Å². The number of carbonyl (C=O) groups is 1. The Bertz CT molecular complexity index is 759. The number of hydrogen-bond acceptors (Lipinski definition) is 6. The number of nitrogens with zero attached hydrogens (tertiary/aromatic N) is 2. The van der Waals surface area contributed by atoms with Crippen molar-refractivity contribution in [3.8, 4) is 0 Å². The number of nitrogens with one attached hydrogen (secondary N) is 1. The summed E-state index contributed by atoms with van der Waals surface area (Å²) in [5.41, 5.74) is 2.57. The first-order valence-corrected chi connectivity index (χ1v) is 12.0. The predicted molar refractivity (Wildman–Crippen MR) is 116 cm³/mol. The van der Waals surface area contributed by atoms with E-state index in [1.54, 1.807) is 7.11 Å². The third-order valence-electron chi connectivity index (χ3n) is 9.59. The van der Waals surface area contributed by atoms with Gasteiger partial charge in [0.25, 0.3) is 0 Å². The van der Waals surface area contributed by atoms with E-state index in [0.717, 1.165) is 64.5 Å². The highest BCUT2D eigenvalue weighted by Crippen LogP contribution is 2.64. The highest BCUT2D eigenvalue weighted by molar-refractivity contribution is 5.94. The lowest BCUT2D eigenvalue weighted by molar-refractivity contribution is -0.131. The lowest BCUT2D eigenvalue weighted by Gasteiger charge is -2.59. The molecule has 0 aromatic rings. The van der Waals surface area contributed by atoms with Crippen molar-refractivity contribution in [2.75, 3.05) is 20.2 Å². The van der Waals surface area contributed by atoms with Crippen molar-refractivity contribution < 1.29 is 14.5 Å². The van der Waals surface area contributed by atoms with Crippen molar-refractivity contribution in [2.45, 2.75) is 77.7 Å². The van der Waals surface area contributed by atoms with Crippen molar-refractivity contribution in [2.24, 2.45) is 44.8 Å². The molecule has 5 fully saturated rings. The van der Waals surface area contributed by atoms with Crippen molar-refractivity contribution in [1.29, 1.82) is 0 Å². The molecular formula is C24H37N3O3. The van der Waals surface area contributed by atoms with E-state index in [1.807, 2.05) is 0 Å². The molecule has 166 valence electrons. The van der Waals surface area contributed by atoms with Gasteiger partial charge < -0.3 is 15.0 Å². The van der Waals surface area contributed by atoms with Gasteiger partial charge in [0.1, 0.15) is 19.0 Å². The van der Waals surface area contributed by atoms with Gasteiger partial charge in [-0.15, -0.1) is 0 Å². The maximum absolute atomic E-state index is 12.8. The monoisotopic (exact) mass is 415 g/mol. The second kappa shape index (κ2) is 7.61. The standard InChI is InChI=1S/C24H37N3O3/c1-23-9-6-16(26-30-17-8-11-25-14-17)12-15(23)13-20(27-29-3)22-18-4-5-21(28)24(18,2)10-7-19(22)23/h15,17-19,22,25H,4-14H2,1-3H3/t15?,17-,18+,19+,22+,23+,24+/m1/s1. The maximum atomic E-state index is 12.8. The molecule has 1 heterocycles. The van der Waals surface area contributed by atoms with Gasteiger partial charge in [-0.1, -0.05) is 24.2 Å². The Labute approximate surface area is 180 Å². The van der Waals surface area contributed by atoms with E-state index < -0.39 is 0 Å². The third kappa shape index (κ3) is 3.12. The van der Waals surface area contributed by atoms with Gasteiger partial charge in [-0.25, -0.2) is 0 Å². The summed E-state index contributed by atoms with van der Waals surface area (Å²) in [6, 6.07) is 0. The number of Topliss-reactive ketones (excluding diaryl/α,β-unsaturated/α-hetero) is 1. The second-order valence-electron chi connectivity index (χ2n) is 10.9. The van der Waals surface area contributed by atoms with Crippen LogP contribution in [0.2, 0.25) is 0 Å². The molecule has 5 aliphatic rings. The van der Waals surface area contributed by atoms with E-state index in [-0.39, 0.29) is 11.5 Å². The molecule has 7 atom stereocenters. The predicted octanol–water partition coefficient (Wildman–Crippen LogP) is 3.95. The fraction of sp³-hybridized carbons (Fsp3) is 0.875. The van der Waals surface area contributed by atoms with Gasteiger partial charge in [0.05, 0.1) is 11.4 Å². The smallest absolute Gasteiger partial charge is 0.141 e. The number of ketones is 1. The summed E-state index contributed by atoms with van der Waals surface area (Å²) in [6.07, 6.45) is 9.39. The first-order valence-electron chi connectivity index (χ1n) is 12.0. The molecule has 5 rings (SSSR count). The number of hydrogen-bond donors (Lipinski definition) is 1. The third-order valence-corrected chi connectivity index (χ3v) is 9.59. The number of rotatable bonds is 3. The molecule has 1 unspecified atom stereocenters. The fourth-order valence-corrected chi connectivity index (χ4v) is 7.70. The summed E-state index contributed by atoms with van der Waals surface area (Å²) in [5.74, 6) is 2.44. The zero-order chi connectivity index (χ0) is 20.9. The Morgan fingerprint density at radius 3 is 2.67 bits per heavy atom. The zero-order valence-electron chi connectivity index (χ0n) is 18.8. The van der Waals surface area contributed by atoms with Crippen molar-refractivity contribution in [3.05, 3.63) is 0 Å². The Kier molecular flexibility index (Phi) is 5.19. The van der Waals surface area contributed by atoms with Crippen LogP contribution in [-0.2, 0) is 14.5 Å². The van der Waals surface area contributed by atoms with Crippen LogP contribution in [0.1, 0.15) is 71.6 Å². The van der Waals surface area contributed by atoms with Gasteiger partial charge in [-0.2, -0.15) is 0 Å². The van der Waals surface area contributed by atoms with Crippen molar-refractivity contribution >= 4 is 17.2 Å². The lowest BCUT2D eigenvalue weighted by atomic mass is 9.45. The summed E-state index contributed by atoms with van der Waals surface area (Å²) in [6.45, 7) is 6.67. The molecule has 0 spiro atoms. The normalized spacial score (nSPS) is 48.4. The minimum absolute atomic E-state index is 0.149. The van der Waals surface area contributed by atoms with E-state index in [0.29, 0.717) is 34.9 Å². The maximum Gasteiger partial charge on any atom is 0.141 e. The molecule has 0 amide bonds. The highest BCUT2D eigenvalue weighted by atomic mass is 16.6. The Morgan fingerprint density at radius 2 is 1.90 bits per heavy atom. The average molecular weight is 416 g/mol. The van der Waals surface area contributed by atoms with Crippen LogP contribution in [0.15, 0.2) is 10.3 Å². The molecule has 1 saturated heterocycles. The largest absolute Gasteiger partial charge is 0.399 e. The molecule has 4 aliphatic carbocycles. The Hall–Kier alpha value is -1.43. The molecule has 0 radical (unpaired) electrons. The van der Waals surface area contributed by atoms with Crippen LogP contribution in [0.25, 0.3) is 0 Å². The quantitative estimate of drug-likeness (QED) is 0.709. The minimum Gasteiger partial charge on any atom is -0.399 e. The molecule has 1 aliphatic heterocycles. The summed E-state index contributed by atoms with van der Waals surface area (Å²) in [5, 5.41) is 12.5. The zero-order valence-corrected chi connectivity index (χ0v) is 18.8. The van der Waals surface area contributed by atoms with Crippen LogP contribution in [-0.4, -0.2) is 43.5 Å². The minimum atomic E-state index is -0.149. The number of fused-ring (bicyclic) bond motifs is 5. The summed E-state index contributed by atoms with van der Waals surface area (Å²) in [4.78, 5) is 23.9. The Morgan fingerprint density at radius 1 is 1.03 bits per heavy atom. The number of oxime groups is 2. The van der Waals surface area contributed by atoms with Crippen LogP contribution in [0, 0.1) is 34.5 Å². The molecule has 6 nitrogen and oxygen atoms in total. The van der Waals surface area contributed by atoms with E-state index in [9.17, 15) is 4.79 Å². The average Bonchev–Trinajstić information content (AvgIpc) is 3.35. The first kappa shape index (κ1) is 20.5. The van der Waals surface area contributed by atoms with Crippen molar-refractivity contribution in [1.82, 2.24) is 5.32 Å². The first-order chi connectivity index (χ1) is 14.5. The van der Waals surface area contributed by atoms with Crippen LogP contribution in [0.4, 0.5) is 0 Å². The van der Waals surface area contributed by atoms with Crippen LogP contribution in [0.5, 0.6) is 0 Å². The summed E-state index contributed by atoms with van der Waals surface area (Å²) >= 11 is 0. The van der Waals surface area contributed by atoms with Gasteiger partial charge in [-0.3, -0.25) is 4.79 Å². The van der Waals surface area contributed by atoms with Crippen molar-refractivity contribution in [3.63, 3.8) is 0 Å². The van der Waals surface area contributed by atoms with Gasteiger partial charge in [0.15, 0.2) is 0 Å². The van der Waals surface area contributed by atoms with Crippen LogP contribution < -0.4 is 5.32 Å². The summed E-state index contributed by atoms with van der Waals surface area (Å²) in [7, 11) is 1.66. The molecular weight excluding hydrogens is 378 g/mol. The van der Waals surface area contributed by atoms with Gasteiger partial charge in [0, 0.05) is 30.7 Å². The molecule has 6 heteroatoms. The van der Waals surface area contributed by atoms with E-state index in [1.165, 1.54) is 17.8 Å². The fourth-order valence-electron chi connectivity index (χ4n) is 7.70. The highest BCUT2D eigenvalue weighted by Gasteiger charge is 2.62. The Balaban J connectivity index is 1.40. The molecule has 30 heavy (non-hydrogen) atoms. The number of carbonyl (C=O) groups excluding carboxylic acids is 1. The van der Waals surface area contributed by atoms with Gasteiger partial charge in [-0.05, 0) is 74.7 Å². The SMILES string of the molecule is CON=C1CC2CC(=NO[C@@H]3CCNC3)CC[C@]2(C)[C@H]2CC[C@]3(C)C(=O)CC[C@H]3[C@H]12. The molecule has 4 saturated carbocycles. The van der Waals surface area contributed by atoms with Gasteiger partial charge in [0.2, 0.25) is 0 Å². The second-order valence-corrected chi connectivity index (χ2v) is 10.9. The molecule has 0 bridgehead atoms. The summed E-state index contributed by atoms with van der Waals surface area (Å²) < 4.78 is 0. The van der Waals surface area contributed by atoms with E-state index in [2.05, 4.69) is 29.5 Å². The molecule has 0 aromatic carbocycles. The van der Waals surface area contributed by atoms with Crippen LogP contribution >= 0.6 is 0 Å². The molecule has 1 N–H and O–H groups in total. The molecule has 0 aromatic heterocycles.